The molecule has 0 atom stereocenters. The number of aromatic nitrogens is 4. The third-order valence-electron chi connectivity index (χ3n) is 4.00. The van der Waals surface area contributed by atoms with Crippen LogP contribution in [-0.2, 0) is 9.53 Å². The summed E-state index contributed by atoms with van der Waals surface area (Å²) in [5.74, 6) is -2.04. The van der Waals surface area contributed by atoms with E-state index in [1.807, 2.05) is 0 Å². The molecule has 2 aromatic heterocycles. The van der Waals surface area contributed by atoms with E-state index in [1.54, 1.807) is 25.3 Å². The van der Waals surface area contributed by atoms with Crippen LogP contribution >= 0.6 is 0 Å². The van der Waals surface area contributed by atoms with E-state index < -0.39 is 11.9 Å². The van der Waals surface area contributed by atoms with Crippen molar-refractivity contribution in [2.24, 2.45) is 0 Å². The Morgan fingerprint density at radius 1 is 1.29 bits per heavy atom. The fourth-order valence-electron chi connectivity index (χ4n) is 2.43. The number of amides is 1. The molecule has 0 aliphatic heterocycles. The maximum Gasteiger partial charge on any atom is 0.325 e. The van der Waals surface area contributed by atoms with Crippen molar-refractivity contribution >= 4 is 11.9 Å². The fourth-order valence-corrected chi connectivity index (χ4v) is 2.43. The minimum absolute atomic E-state index is 0.226. The molecule has 1 amide bonds. The first-order valence-electron chi connectivity index (χ1n) is 8.13. The molecule has 2 N–H and O–H groups in total. The Labute approximate surface area is 158 Å². The van der Waals surface area contributed by atoms with Crippen LogP contribution in [0.2, 0.25) is 0 Å². The Morgan fingerprint density at radius 3 is 2.68 bits per heavy atom. The van der Waals surface area contributed by atoms with Crippen LogP contribution in [-0.4, -0.2) is 50.6 Å². The highest BCUT2D eigenvalue weighted by molar-refractivity contribution is 5.97. The third kappa shape index (κ3) is 3.80. The molecule has 0 spiro atoms. The molecule has 10 heteroatoms. The molecule has 1 aromatic carbocycles. The van der Waals surface area contributed by atoms with E-state index in [2.05, 4.69) is 25.3 Å². The number of carbonyl (C=O) groups is 2. The van der Waals surface area contributed by atoms with Crippen molar-refractivity contribution in [2.45, 2.75) is 6.92 Å². The highest BCUT2D eigenvalue weighted by atomic mass is 19.1. The average Bonchev–Trinajstić information content (AvgIpc) is 3.18. The molecule has 144 valence electrons. The number of hydrogen-bond acceptors (Lipinski definition) is 7. The predicted octanol–water partition coefficient (Wildman–Crippen LogP) is 1.39. The molecule has 0 bridgehead atoms. The van der Waals surface area contributed by atoms with E-state index in [-0.39, 0.29) is 23.8 Å². The highest BCUT2D eigenvalue weighted by Crippen LogP contribution is 2.29. The van der Waals surface area contributed by atoms with Gasteiger partial charge in [-0.15, -0.1) is 5.10 Å². The van der Waals surface area contributed by atoms with Crippen LogP contribution < -0.4 is 5.32 Å². The van der Waals surface area contributed by atoms with Gasteiger partial charge in [-0.25, -0.2) is 14.1 Å². The van der Waals surface area contributed by atoms with Crippen molar-refractivity contribution in [3.8, 4) is 22.7 Å². The van der Waals surface area contributed by atoms with Gasteiger partial charge in [0.05, 0.1) is 19.0 Å². The zero-order valence-electron chi connectivity index (χ0n) is 15.0. The predicted molar refractivity (Wildman–Crippen MR) is 95.3 cm³/mol. The van der Waals surface area contributed by atoms with Gasteiger partial charge in [0.2, 0.25) is 0 Å². The van der Waals surface area contributed by atoms with Gasteiger partial charge < -0.3 is 15.2 Å². The van der Waals surface area contributed by atoms with Crippen molar-refractivity contribution in [1.29, 1.82) is 0 Å². The van der Waals surface area contributed by atoms with Crippen LogP contribution in [0.5, 0.6) is 5.75 Å². The first-order chi connectivity index (χ1) is 13.4. The number of hydrogen-bond donors (Lipinski definition) is 2. The summed E-state index contributed by atoms with van der Waals surface area (Å²) in [6, 6.07) is 5.70. The quantitative estimate of drug-likeness (QED) is 0.637. The molecule has 28 heavy (non-hydrogen) atoms. The maximum absolute atomic E-state index is 13.1. The van der Waals surface area contributed by atoms with E-state index in [4.69, 9.17) is 0 Å². The van der Waals surface area contributed by atoms with E-state index in [1.165, 1.54) is 30.1 Å². The third-order valence-corrected chi connectivity index (χ3v) is 4.00. The van der Waals surface area contributed by atoms with Crippen molar-refractivity contribution in [3.05, 3.63) is 53.7 Å². The number of esters is 1. The Bertz CT molecular complexity index is 1030. The summed E-state index contributed by atoms with van der Waals surface area (Å²) in [4.78, 5) is 27.2. The Hall–Kier alpha value is -3.82. The first-order valence-corrected chi connectivity index (χ1v) is 8.13. The molecule has 0 saturated carbocycles. The lowest BCUT2D eigenvalue weighted by Gasteiger charge is -2.09. The monoisotopic (exact) mass is 385 g/mol. The highest BCUT2D eigenvalue weighted by Gasteiger charge is 2.20. The van der Waals surface area contributed by atoms with E-state index >= 15 is 0 Å². The van der Waals surface area contributed by atoms with Gasteiger partial charge in [-0.1, -0.05) is 5.21 Å². The van der Waals surface area contributed by atoms with Crippen LogP contribution in [0.4, 0.5) is 4.39 Å². The number of nitrogens with one attached hydrogen (secondary N) is 1. The number of nitrogens with zero attached hydrogens (tertiary/aromatic N) is 4. The number of ether oxygens (including phenoxy) is 1. The van der Waals surface area contributed by atoms with Crippen molar-refractivity contribution in [2.75, 3.05) is 13.7 Å². The average molecular weight is 385 g/mol. The number of pyridine rings is 1. The summed E-state index contributed by atoms with van der Waals surface area (Å²) < 4.78 is 18.9. The van der Waals surface area contributed by atoms with E-state index in [9.17, 15) is 19.1 Å². The zero-order valence-corrected chi connectivity index (χ0v) is 15.0. The Balaban J connectivity index is 1.86. The largest absolute Gasteiger partial charge is 0.505 e. The normalized spacial score (nSPS) is 10.5. The molecular weight excluding hydrogens is 369 g/mol. The van der Waals surface area contributed by atoms with E-state index in [0.717, 1.165) is 0 Å². The van der Waals surface area contributed by atoms with Crippen molar-refractivity contribution < 1.29 is 23.8 Å². The first kappa shape index (κ1) is 19.0. The lowest BCUT2D eigenvalue weighted by atomic mass is 10.1. The zero-order chi connectivity index (χ0) is 20.3. The van der Waals surface area contributed by atoms with Gasteiger partial charge in [0, 0.05) is 17.3 Å². The van der Waals surface area contributed by atoms with Crippen LogP contribution in [0.15, 0.2) is 36.7 Å². The second-order valence-corrected chi connectivity index (χ2v) is 5.78. The minimum atomic E-state index is -0.715. The molecule has 3 rings (SSSR count). The second-order valence-electron chi connectivity index (χ2n) is 5.78. The number of rotatable bonds is 5. The van der Waals surface area contributed by atoms with Gasteiger partial charge in [0.25, 0.3) is 5.91 Å². The smallest absolute Gasteiger partial charge is 0.325 e. The van der Waals surface area contributed by atoms with Crippen molar-refractivity contribution in [1.82, 2.24) is 25.3 Å². The molecule has 0 fully saturated rings. The van der Waals surface area contributed by atoms with Crippen LogP contribution in [0.1, 0.15) is 16.1 Å². The summed E-state index contributed by atoms with van der Waals surface area (Å²) in [5.41, 5.74) is 1.62. The minimum Gasteiger partial charge on any atom is -0.505 e. The number of benzene rings is 1. The summed E-state index contributed by atoms with van der Waals surface area (Å²) in [5, 5.41) is 20.7. The van der Waals surface area contributed by atoms with Gasteiger partial charge in [0.15, 0.2) is 11.4 Å². The molecule has 0 unspecified atom stereocenters. The molecule has 0 aliphatic rings. The molecule has 3 aromatic rings. The number of aromatic hydroxyl groups is 1. The Kier molecular flexibility index (Phi) is 5.30. The SMILES string of the molecule is COC(=O)CNC(=O)c1ncc(-c2cn(-c3ccc(F)cc3)nn2)c(C)c1O. The molecule has 9 nitrogen and oxygen atoms in total. The standard InChI is InChI=1S/C18H16FN5O4/c1-10-13(7-20-16(17(10)26)18(27)21-8-15(25)28-2)14-9-24(23-22-14)12-5-3-11(19)4-6-12/h3-7,9,26H,8H2,1-2H3,(H,21,27). The second kappa shape index (κ2) is 7.82. The summed E-state index contributed by atoms with van der Waals surface area (Å²) in [7, 11) is 1.20. The lowest BCUT2D eigenvalue weighted by molar-refractivity contribution is -0.139. The van der Waals surface area contributed by atoms with E-state index in [0.29, 0.717) is 22.5 Å². The number of methoxy groups -OCH3 is 1. The van der Waals surface area contributed by atoms with Crippen LogP contribution in [0, 0.1) is 12.7 Å². The summed E-state index contributed by atoms with van der Waals surface area (Å²) in [6.45, 7) is 1.25. The van der Waals surface area contributed by atoms with Gasteiger partial charge in [-0.05, 0) is 31.2 Å². The van der Waals surface area contributed by atoms with Crippen molar-refractivity contribution in [3.63, 3.8) is 0 Å². The topological polar surface area (TPSA) is 119 Å². The molecular formula is C18H16FN5O4. The number of carbonyl (C=O) groups excluding carboxylic acids is 2. The van der Waals surface area contributed by atoms with Gasteiger partial charge >= 0.3 is 5.97 Å². The molecule has 2 heterocycles. The Morgan fingerprint density at radius 2 is 2.00 bits per heavy atom. The fraction of sp³-hybridized carbons (Fsp3) is 0.167. The molecule has 0 radical (unpaired) electrons. The van der Waals surface area contributed by atoms with Gasteiger partial charge in [-0.3, -0.25) is 9.59 Å². The number of halogens is 1. The summed E-state index contributed by atoms with van der Waals surface area (Å²) >= 11 is 0. The summed E-state index contributed by atoms with van der Waals surface area (Å²) in [6.07, 6.45) is 2.97. The maximum atomic E-state index is 13.1. The molecule has 0 aliphatic carbocycles. The van der Waals surface area contributed by atoms with Crippen LogP contribution in [0.25, 0.3) is 16.9 Å². The molecule has 0 saturated heterocycles. The van der Waals surface area contributed by atoms with Gasteiger partial charge in [0.1, 0.15) is 18.1 Å². The van der Waals surface area contributed by atoms with Gasteiger partial charge in [-0.2, -0.15) is 0 Å². The van der Waals surface area contributed by atoms with Crippen LogP contribution in [0.3, 0.4) is 0 Å². The lowest BCUT2D eigenvalue weighted by Crippen LogP contribution is -2.30.